The maximum absolute atomic E-state index is 14.3. The van der Waals surface area contributed by atoms with Gasteiger partial charge in [-0.3, -0.25) is 14.2 Å². The second-order valence-electron chi connectivity index (χ2n) is 10.4. The highest BCUT2D eigenvalue weighted by Crippen LogP contribution is 2.42. The topological polar surface area (TPSA) is 92.2 Å². The van der Waals surface area contributed by atoms with Crippen LogP contribution in [0.3, 0.4) is 0 Å². The number of amides is 1. The highest BCUT2D eigenvalue weighted by atomic mass is 19.3. The summed E-state index contributed by atoms with van der Waals surface area (Å²) in [4.78, 5) is 35.3. The molecule has 40 heavy (non-hydrogen) atoms. The molecule has 1 saturated carbocycles. The van der Waals surface area contributed by atoms with Gasteiger partial charge in [0, 0.05) is 25.9 Å². The number of nitrogens with one attached hydrogen (secondary N) is 2. The summed E-state index contributed by atoms with van der Waals surface area (Å²) in [6.07, 6.45) is 3.45. The van der Waals surface area contributed by atoms with Gasteiger partial charge < -0.3 is 19.9 Å². The molecule has 3 heterocycles. The van der Waals surface area contributed by atoms with Crippen LogP contribution in [-0.4, -0.2) is 64.6 Å². The van der Waals surface area contributed by atoms with Gasteiger partial charge in [-0.2, -0.15) is 0 Å². The van der Waals surface area contributed by atoms with Crippen LogP contribution < -0.4 is 10.9 Å². The summed E-state index contributed by atoms with van der Waals surface area (Å²) in [5.41, 5.74) is 3.97. The van der Waals surface area contributed by atoms with Gasteiger partial charge in [0.15, 0.2) is 0 Å². The molecule has 2 fully saturated rings. The van der Waals surface area contributed by atoms with Gasteiger partial charge in [-0.1, -0.05) is 12.1 Å². The maximum Gasteiger partial charge on any atom is 0.282 e. The van der Waals surface area contributed by atoms with Crippen molar-refractivity contribution in [3.05, 3.63) is 81.8 Å². The Balaban J connectivity index is 1.39. The number of carbonyl (C=O) groups excluding carboxylic acids is 1. The van der Waals surface area contributed by atoms with Crippen LogP contribution in [0, 0.1) is 5.82 Å². The molecule has 2 aliphatic rings. The molecule has 208 valence electrons. The predicted molar refractivity (Wildman–Crippen MR) is 143 cm³/mol. The third-order valence-electron chi connectivity index (χ3n) is 7.32. The van der Waals surface area contributed by atoms with Crippen molar-refractivity contribution in [2.24, 2.45) is 0 Å². The van der Waals surface area contributed by atoms with Gasteiger partial charge in [0.25, 0.3) is 17.4 Å². The Morgan fingerprint density at radius 1 is 1.18 bits per heavy atom. The van der Waals surface area contributed by atoms with E-state index >= 15 is 0 Å². The minimum Gasteiger partial charge on any atom is -0.383 e. The van der Waals surface area contributed by atoms with Crippen LogP contribution in [-0.2, 0) is 11.3 Å². The average Bonchev–Trinajstić information content (AvgIpc) is 3.69. The van der Waals surface area contributed by atoms with Gasteiger partial charge >= 0.3 is 0 Å². The van der Waals surface area contributed by atoms with E-state index in [1.807, 2.05) is 18.2 Å². The van der Waals surface area contributed by atoms with Crippen molar-refractivity contribution in [2.75, 3.05) is 33.4 Å². The molecule has 1 aliphatic heterocycles. The molecular weight excluding hydrogens is 523 g/mol. The number of methoxy groups -OCH3 is 1. The van der Waals surface area contributed by atoms with E-state index in [2.05, 4.69) is 15.3 Å². The van der Waals surface area contributed by atoms with E-state index in [9.17, 15) is 22.8 Å². The predicted octanol–water partition coefficient (Wildman–Crippen LogP) is 4.22. The molecule has 0 radical (unpaired) electrons. The van der Waals surface area contributed by atoms with Crippen LogP contribution in [0.5, 0.6) is 0 Å². The van der Waals surface area contributed by atoms with Crippen molar-refractivity contribution in [2.45, 2.75) is 31.2 Å². The minimum absolute atomic E-state index is 0.00491. The van der Waals surface area contributed by atoms with Crippen molar-refractivity contribution < 1.29 is 22.7 Å². The molecule has 11 heteroatoms. The largest absolute Gasteiger partial charge is 0.383 e. The lowest BCUT2D eigenvalue weighted by atomic mass is 9.94. The Labute approximate surface area is 227 Å². The zero-order valence-corrected chi connectivity index (χ0v) is 21.8. The number of likely N-dealkylation sites (tertiary alicyclic amines) is 1. The summed E-state index contributed by atoms with van der Waals surface area (Å²) < 4.78 is 47.7. The number of hydrogen-bond donors (Lipinski definition) is 2. The van der Waals surface area contributed by atoms with Crippen LogP contribution in [0.15, 0.2) is 53.6 Å². The molecule has 0 bridgehead atoms. The van der Waals surface area contributed by atoms with Gasteiger partial charge in [-0.25, -0.2) is 18.2 Å². The lowest BCUT2D eigenvalue weighted by Crippen LogP contribution is -2.58. The van der Waals surface area contributed by atoms with Gasteiger partial charge in [0.05, 0.1) is 36.5 Å². The number of aromatic nitrogens is 3. The number of benzene rings is 2. The number of fused-ring (bicyclic) bond motifs is 1. The normalized spacial score (nSPS) is 16.4. The number of alkyl halides is 2. The third-order valence-corrected chi connectivity index (χ3v) is 7.32. The third kappa shape index (κ3) is 5.14. The fraction of sp³-hybridized carbons (Fsp3) is 0.345. The molecule has 0 unspecified atom stereocenters. The summed E-state index contributed by atoms with van der Waals surface area (Å²) in [6, 6.07) is 11.2. The molecular formula is C29H28F3N5O3. The second-order valence-corrected chi connectivity index (χ2v) is 10.4. The van der Waals surface area contributed by atoms with Gasteiger partial charge in [0.2, 0.25) is 0 Å². The summed E-state index contributed by atoms with van der Waals surface area (Å²) in [6.45, 7) is 0.350. The first kappa shape index (κ1) is 26.3. The maximum atomic E-state index is 14.3. The average molecular weight is 552 g/mol. The summed E-state index contributed by atoms with van der Waals surface area (Å²) in [5.74, 6) is -3.93. The van der Waals surface area contributed by atoms with Crippen molar-refractivity contribution >= 4 is 16.9 Å². The fourth-order valence-electron chi connectivity index (χ4n) is 5.08. The Hall–Kier alpha value is -3.96. The van der Waals surface area contributed by atoms with Gasteiger partial charge in [-0.05, 0) is 65.8 Å². The van der Waals surface area contributed by atoms with Gasteiger partial charge in [0.1, 0.15) is 17.7 Å². The monoisotopic (exact) mass is 551 g/mol. The molecule has 8 nitrogen and oxygen atoms in total. The quantitative estimate of drug-likeness (QED) is 0.304. The van der Waals surface area contributed by atoms with E-state index < -0.39 is 30.7 Å². The Bertz CT molecular complexity index is 1650. The van der Waals surface area contributed by atoms with E-state index in [0.29, 0.717) is 53.5 Å². The first-order valence-electron chi connectivity index (χ1n) is 13.1. The number of halogens is 3. The summed E-state index contributed by atoms with van der Waals surface area (Å²) >= 11 is 0. The first-order valence-corrected chi connectivity index (χ1v) is 13.1. The number of nitrogens with zero attached hydrogens (tertiary/aromatic N) is 3. The summed E-state index contributed by atoms with van der Waals surface area (Å²) in [5, 5.41) is 3.23. The van der Waals surface area contributed by atoms with Crippen LogP contribution >= 0.6 is 0 Å². The molecule has 1 amide bonds. The standard InChI is InChI=1S/C29H28F3N5O3/c1-40-7-6-33-13-21-12-25-26(35-21)28(39)37(16-34-25)22-9-18(17-2-3-17)8-19(10-22)23-5-4-20(30)11-24(23)27(38)36-14-29(31,32)15-36/h4-5,8-12,16-17,33,35H,2-3,6-7,13-15H2,1H3. The first-order chi connectivity index (χ1) is 19.2. The van der Waals surface area contributed by atoms with E-state index in [0.717, 1.165) is 35.1 Å². The zero-order valence-electron chi connectivity index (χ0n) is 21.8. The van der Waals surface area contributed by atoms with E-state index in [1.54, 1.807) is 13.2 Å². The Kier molecular flexibility index (Phi) is 6.71. The fourth-order valence-corrected chi connectivity index (χ4v) is 5.08. The Morgan fingerprint density at radius 3 is 2.70 bits per heavy atom. The van der Waals surface area contributed by atoms with E-state index in [-0.39, 0.29) is 11.1 Å². The lowest BCUT2D eigenvalue weighted by molar-refractivity contribution is -0.113. The molecule has 2 N–H and O–H groups in total. The molecule has 1 saturated heterocycles. The molecule has 0 atom stereocenters. The van der Waals surface area contributed by atoms with Crippen molar-refractivity contribution in [3.8, 4) is 16.8 Å². The van der Waals surface area contributed by atoms with Crippen molar-refractivity contribution in [1.82, 2.24) is 24.8 Å². The van der Waals surface area contributed by atoms with E-state index in [1.165, 1.54) is 23.0 Å². The smallest absolute Gasteiger partial charge is 0.282 e. The molecule has 0 spiro atoms. The number of carbonyl (C=O) groups is 1. The molecule has 2 aromatic carbocycles. The van der Waals surface area contributed by atoms with Crippen molar-refractivity contribution in [3.63, 3.8) is 0 Å². The number of H-pyrrole nitrogens is 1. The van der Waals surface area contributed by atoms with E-state index in [4.69, 9.17) is 4.74 Å². The Morgan fingerprint density at radius 2 is 1.98 bits per heavy atom. The molecule has 4 aromatic rings. The second kappa shape index (κ2) is 10.2. The van der Waals surface area contributed by atoms with Crippen LogP contribution in [0.25, 0.3) is 27.8 Å². The SMILES string of the molecule is COCCNCc1cc2ncn(-c3cc(-c4ccc(F)cc4C(=O)N4CC(F)(F)C4)cc(C4CC4)c3)c(=O)c2[nH]1. The molecule has 2 aromatic heterocycles. The number of aromatic amines is 1. The highest BCUT2D eigenvalue weighted by molar-refractivity contribution is 6.01. The number of ether oxygens (including phenoxy) is 1. The highest BCUT2D eigenvalue weighted by Gasteiger charge is 2.46. The van der Waals surface area contributed by atoms with Crippen LogP contribution in [0.2, 0.25) is 0 Å². The zero-order chi connectivity index (χ0) is 28.0. The number of hydrogen-bond acceptors (Lipinski definition) is 5. The molecule has 1 aliphatic carbocycles. The van der Waals surface area contributed by atoms with Crippen LogP contribution in [0.1, 0.15) is 40.4 Å². The van der Waals surface area contributed by atoms with Crippen LogP contribution in [0.4, 0.5) is 13.2 Å². The van der Waals surface area contributed by atoms with Crippen molar-refractivity contribution in [1.29, 1.82) is 0 Å². The number of rotatable bonds is 9. The minimum atomic E-state index is -2.94. The summed E-state index contributed by atoms with van der Waals surface area (Å²) in [7, 11) is 1.63. The molecule has 6 rings (SSSR count). The lowest BCUT2D eigenvalue weighted by Gasteiger charge is -2.39. The van der Waals surface area contributed by atoms with Gasteiger partial charge in [-0.15, -0.1) is 0 Å².